The summed E-state index contributed by atoms with van der Waals surface area (Å²) in [6.07, 6.45) is 2.58. The Morgan fingerprint density at radius 1 is 1.37 bits per heavy atom. The van der Waals surface area contributed by atoms with Crippen LogP contribution >= 0.6 is 15.9 Å². The number of halogens is 1. The molecule has 4 heteroatoms. The lowest BCUT2D eigenvalue weighted by Gasteiger charge is -2.34. The summed E-state index contributed by atoms with van der Waals surface area (Å²) in [4.78, 5) is 4.85. The summed E-state index contributed by atoms with van der Waals surface area (Å²) in [5, 5.41) is 0. The lowest BCUT2D eigenvalue weighted by atomic mass is 9.96. The Kier molecular flexibility index (Phi) is 5.67. The molecule has 19 heavy (non-hydrogen) atoms. The third kappa shape index (κ3) is 4.48. The van der Waals surface area contributed by atoms with Crippen molar-refractivity contribution in [2.24, 2.45) is 11.7 Å². The summed E-state index contributed by atoms with van der Waals surface area (Å²) in [6, 6.07) is 8.53. The molecule has 1 heterocycles. The quantitative estimate of drug-likeness (QED) is 0.903. The second-order valence-corrected chi connectivity index (χ2v) is 6.35. The van der Waals surface area contributed by atoms with Gasteiger partial charge < -0.3 is 15.5 Å². The van der Waals surface area contributed by atoms with Crippen molar-refractivity contribution in [1.82, 2.24) is 4.90 Å². The van der Waals surface area contributed by atoms with Gasteiger partial charge in [-0.3, -0.25) is 0 Å². The summed E-state index contributed by atoms with van der Waals surface area (Å²) in [7, 11) is 2.19. The minimum atomic E-state index is 0.780. The van der Waals surface area contributed by atoms with Gasteiger partial charge in [-0.1, -0.05) is 22.0 Å². The minimum absolute atomic E-state index is 0.780. The lowest BCUT2D eigenvalue weighted by molar-refractivity contribution is 0.191. The van der Waals surface area contributed by atoms with Crippen molar-refractivity contribution in [2.45, 2.75) is 12.8 Å². The van der Waals surface area contributed by atoms with Crippen LogP contribution in [0.25, 0.3) is 0 Å². The molecule has 1 fully saturated rings. The number of hydrogen-bond acceptors (Lipinski definition) is 3. The number of nitrogens with two attached hydrogens (primary N) is 1. The molecule has 1 aliphatic rings. The predicted octanol–water partition coefficient (Wildman–Crippen LogP) is 2.56. The Labute approximate surface area is 124 Å². The molecule has 0 atom stereocenters. The fourth-order valence-corrected chi connectivity index (χ4v) is 3.17. The summed E-state index contributed by atoms with van der Waals surface area (Å²) in [5.74, 6) is 0.804. The van der Waals surface area contributed by atoms with E-state index in [-0.39, 0.29) is 0 Å². The molecule has 2 rings (SSSR count). The molecule has 0 saturated carbocycles. The molecule has 1 aromatic carbocycles. The Bertz CT molecular complexity index is 389. The number of rotatable bonds is 5. The molecule has 0 radical (unpaired) electrons. The van der Waals surface area contributed by atoms with E-state index in [2.05, 4.69) is 57.0 Å². The van der Waals surface area contributed by atoms with Crippen LogP contribution in [0.1, 0.15) is 12.8 Å². The van der Waals surface area contributed by atoms with Gasteiger partial charge in [0.15, 0.2) is 0 Å². The highest BCUT2D eigenvalue weighted by molar-refractivity contribution is 9.10. The van der Waals surface area contributed by atoms with Crippen molar-refractivity contribution in [3.8, 4) is 0 Å². The van der Waals surface area contributed by atoms with Gasteiger partial charge in [0.2, 0.25) is 0 Å². The number of likely N-dealkylation sites (tertiary alicyclic amines) is 1. The molecule has 0 bridgehead atoms. The highest BCUT2D eigenvalue weighted by Gasteiger charge is 2.19. The third-order valence-corrected chi connectivity index (χ3v) is 4.43. The summed E-state index contributed by atoms with van der Waals surface area (Å²) >= 11 is 3.54. The van der Waals surface area contributed by atoms with E-state index < -0.39 is 0 Å². The standard InChI is InChI=1S/C15H24BrN3/c1-18(15-4-2-3-14(16)11-15)12-13-5-8-19(9-6-13)10-7-17/h2-4,11,13H,5-10,12,17H2,1H3. The minimum Gasteiger partial charge on any atom is -0.374 e. The average molecular weight is 326 g/mol. The maximum absolute atomic E-state index is 5.61. The fraction of sp³-hybridized carbons (Fsp3) is 0.600. The van der Waals surface area contributed by atoms with Gasteiger partial charge in [0.05, 0.1) is 0 Å². The lowest BCUT2D eigenvalue weighted by Crippen LogP contribution is -2.39. The number of anilines is 1. The molecule has 1 aliphatic heterocycles. The van der Waals surface area contributed by atoms with Crippen LogP contribution in [-0.2, 0) is 0 Å². The van der Waals surface area contributed by atoms with E-state index in [1.54, 1.807) is 0 Å². The SMILES string of the molecule is CN(CC1CCN(CCN)CC1)c1cccc(Br)c1. The number of hydrogen-bond donors (Lipinski definition) is 1. The van der Waals surface area contributed by atoms with E-state index in [0.29, 0.717) is 0 Å². The monoisotopic (exact) mass is 325 g/mol. The molecule has 0 aliphatic carbocycles. The molecule has 0 unspecified atom stereocenters. The van der Waals surface area contributed by atoms with Gasteiger partial charge in [0.25, 0.3) is 0 Å². The van der Waals surface area contributed by atoms with Gasteiger partial charge in [0, 0.05) is 36.8 Å². The normalized spacial score (nSPS) is 17.6. The zero-order chi connectivity index (χ0) is 13.7. The first-order chi connectivity index (χ1) is 9.19. The second kappa shape index (κ2) is 7.27. The first-order valence-electron chi connectivity index (χ1n) is 7.08. The van der Waals surface area contributed by atoms with Crippen molar-refractivity contribution < 1.29 is 0 Å². The van der Waals surface area contributed by atoms with Crippen molar-refractivity contribution >= 4 is 21.6 Å². The molecular weight excluding hydrogens is 302 g/mol. The molecule has 0 spiro atoms. The molecule has 0 aromatic heterocycles. The smallest absolute Gasteiger partial charge is 0.0375 e. The first-order valence-corrected chi connectivity index (χ1v) is 7.87. The second-order valence-electron chi connectivity index (χ2n) is 5.43. The van der Waals surface area contributed by atoms with E-state index in [0.717, 1.165) is 30.0 Å². The number of piperidine rings is 1. The van der Waals surface area contributed by atoms with E-state index in [4.69, 9.17) is 5.73 Å². The molecule has 1 aromatic rings. The Morgan fingerprint density at radius 2 is 2.11 bits per heavy atom. The Hall–Kier alpha value is -0.580. The average Bonchev–Trinajstić information content (AvgIpc) is 2.41. The van der Waals surface area contributed by atoms with Gasteiger partial charge in [-0.15, -0.1) is 0 Å². The van der Waals surface area contributed by atoms with E-state index in [1.165, 1.54) is 31.6 Å². The molecular formula is C15H24BrN3. The van der Waals surface area contributed by atoms with Crippen LogP contribution in [0.5, 0.6) is 0 Å². The largest absolute Gasteiger partial charge is 0.374 e. The van der Waals surface area contributed by atoms with Crippen molar-refractivity contribution in [2.75, 3.05) is 44.7 Å². The van der Waals surface area contributed by atoms with Crippen LogP contribution in [0, 0.1) is 5.92 Å². The van der Waals surface area contributed by atoms with Crippen LogP contribution in [0.3, 0.4) is 0 Å². The summed E-state index contributed by atoms with van der Waals surface area (Å²) < 4.78 is 1.15. The van der Waals surface area contributed by atoms with Crippen LogP contribution in [0.2, 0.25) is 0 Å². The van der Waals surface area contributed by atoms with Crippen LogP contribution in [-0.4, -0.2) is 44.7 Å². The van der Waals surface area contributed by atoms with Crippen molar-refractivity contribution in [1.29, 1.82) is 0 Å². The van der Waals surface area contributed by atoms with Crippen LogP contribution < -0.4 is 10.6 Å². The highest BCUT2D eigenvalue weighted by Crippen LogP contribution is 2.23. The zero-order valence-electron chi connectivity index (χ0n) is 11.7. The van der Waals surface area contributed by atoms with Gasteiger partial charge >= 0.3 is 0 Å². The number of benzene rings is 1. The van der Waals surface area contributed by atoms with E-state index in [9.17, 15) is 0 Å². The van der Waals surface area contributed by atoms with Crippen molar-refractivity contribution in [3.63, 3.8) is 0 Å². The molecule has 1 saturated heterocycles. The Morgan fingerprint density at radius 3 is 2.74 bits per heavy atom. The maximum Gasteiger partial charge on any atom is 0.0375 e. The topological polar surface area (TPSA) is 32.5 Å². The molecule has 0 amide bonds. The van der Waals surface area contributed by atoms with Crippen molar-refractivity contribution in [3.05, 3.63) is 28.7 Å². The van der Waals surface area contributed by atoms with Gasteiger partial charge in [-0.25, -0.2) is 0 Å². The first kappa shape index (κ1) is 14.8. The van der Waals surface area contributed by atoms with Gasteiger partial charge in [-0.05, 0) is 50.0 Å². The summed E-state index contributed by atoms with van der Waals surface area (Å²) in [6.45, 7) is 5.38. The van der Waals surface area contributed by atoms with E-state index in [1.807, 2.05) is 0 Å². The Balaban J connectivity index is 1.82. The predicted molar refractivity (Wildman–Crippen MR) is 85.6 cm³/mol. The molecule has 2 N–H and O–H groups in total. The molecule has 3 nitrogen and oxygen atoms in total. The van der Waals surface area contributed by atoms with Gasteiger partial charge in [0.1, 0.15) is 0 Å². The highest BCUT2D eigenvalue weighted by atomic mass is 79.9. The number of nitrogens with zero attached hydrogens (tertiary/aromatic N) is 2. The fourth-order valence-electron chi connectivity index (χ4n) is 2.78. The third-order valence-electron chi connectivity index (χ3n) is 3.93. The maximum atomic E-state index is 5.61. The van der Waals surface area contributed by atoms with Crippen LogP contribution in [0.15, 0.2) is 28.7 Å². The van der Waals surface area contributed by atoms with Crippen LogP contribution in [0.4, 0.5) is 5.69 Å². The van der Waals surface area contributed by atoms with Gasteiger partial charge in [-0.2, -0.15) is 0 Å². The molecule has 106 valence electrons. The summed E-state index contributed by atoms with van der Waals surface area (Å²) in [5.41, 5.74) is 6.90. The van der Waals surface area contributed by atoms with E-state index >= 15 is 0 Å². The zero-order valence-corrected chi connectivity index (χ0v) is 13.3.